The molecule has 8 heteroatoms. The average molecular weight is 441 g/mol. The van der Waals surface area contributed by atoms with E-state index in [4.69, 9.17) is 14.5 Å². The molecule has 0 N–H and O–H groups in total. The summed E-state index contributed by atoms with van der Waals surface area (Å²) in [5, 5.41) is 1.24. The molecular formula is C23H28N4O3S. The summed E-state index contributed by atoms with van der Waals surface area (Å²) in [4.78, 5) is 22.7. The van der Waals surface area contributed by atoms with Gasteiger partial charge < -0.3 is 14.0 Å². The van der Waals surface area contributed by atoms with Crippen molar-refractivity contribution in [2.75, 3.05) is 14.2 Å². The van der Waals surface area contributed by atoms with Gasteiger partial charge in [0.25, 0.3) is 5.56 Å². The van der Waals surface area contributed by atoms with Gasteiger partial charge in [0.1, 0.15) is 5.82 Å². The number of thioether (sulfide) groups is 1. The molecule has 0 aliphatic heterocycles. The van der Waals surface area contributed by atoms with E-state index in [1.54, 1.807) is 37.1 Å². The van der Waals surface area contributed by atoms with E-state index < -0.39 is 0 Å². The van der Waals surface area contributed by atoms with Gasteiger partial charge in [-0.25, -0.2) is 9.97 Å². The maximum Gasteiger partial charge on any atom is 0.262 e. The number of aromatic nitrogens is 4. The first-order chi connectivity index (χ1) is 15.1. The Morgan fingerprint density at radius 3 is 2.65 bits per heavy atom. The molecule has 31 heavy (non-hydrogen) atoms. The van der Waals surface area contributed by atoms with Crippen LogP contribution in [-0.4, -0.2) is 33.3 Å². The fourth-order valence-electron chi connectivity index (χ4n) is 3.89. The van der Waals surface area contributed by atoms with Crippen molar-refractivity contribution in [3.63, 3.8) is 0 Å². The summed E-state index contributed by atoms with van der Waals surface area (Å²) < 4.78 is 14.6. The Balaban J connectivity index is 1.74. The number of allylic oxidation sites excluding steroid dienone is 2. The van der Waals surface area contributed by atoms with Crippen LogP contribution >= 0.6 is 11.8 Å². The molecule has 0 fully saturated rings. The first kappa shape index (κ1) is 21.5. The summed E-state index contributed by atoms with van der Waals surface area (Å²) >= 11 is 1.53. The number of methoxy groups -OCH3 is 2. The molecule has 4 rings (SSSR count). The first-order valence-electron chi connectivity index (χ1n) is 10.5. The van der Waals surface area contributed by atoms with Crippen LogP contribution in [0.1, 0.15) is 37.9 Å². The van der Waals surface area contributed by atoms with Gasteiger partial charge in [-0.15, -0.1) is 0 Å². The van der Waals surface area contributed by atoms with Gasteiger partial charge in [-0.3, -0.25) is 9.36 Å². The molecule has 164 valence electrons. The van der Waals surface area contributed by atoms with E-state index in [-0.39, 0.29) is 5.56 Å². The average Bonchev–Trinajstić information content (AvgIpc) is 3.21. The number of aryl methyl sites for hydroxylation is 1. The van der Waals surface area contributed by atoms with E-state index in [1.807, 2.05) is 17.8 Å². The Morgan fingerprint density at radius 2 is 1.97 bits per heavy atom. The minimum absolute atomic E-state index is 0.0512. The Morgan fingerprint density at radius 1 is 1.16 bits per heavy atom. The lowest BCUT2D eigenvalue weighted by Gasteiger charge is -2.17. The third kappa shape index (κ3) is 4.63. The molecule has 0 unspecified atom stereocenters. The lowest BCUT2D eigenvalue weighted by Crippen LogP contribution is -2.24. The number of hydrogen-bond donors (Lipinski definition) is 0. The van der Waals surface area contributed by atoms with Crippen LogP contribution in [0.2, 0.25) is 0 Å². The first-order valence-corrected chi connectivity index (χ1v) is 11.5. The molecule has 0 amide bonds. The van der Waals surface area contributed by atoms with Crippen molar-refractivity contribution in [3.05, 3.63) is 52.4 Å². The number of hydrogen-bond acceptors (Lipinski definition) is 6. The lowest BCUT2D eigenvalue weighted by molar-refractivity contribution is 0.355. The monoisotopic (exact) mass is 440 g/mol. The molecule has 3 aromatic rings. The molecule has 2 aromatic heterocycles. The zero-order chi connectivity index (χ0) is 21.8. The number of ether oxygens (including phenoxy) is 2. The summed E-state index contributed by atoms with van der Waals surface area (Å²) in [6.07, 6.45) is 11.7. The van der Waals surface area contributed by atoms with Crippen molar-refractivity contribution in [3.8, 4) is 11.5 Å². The van der Waals surface area contributed by atoms with Gasteiger partial charge >= 0.3 is 0 Å². The van der Waals surface area contributed by atoms with Crippen LogP contribution in [0.3, 0.4) is 0 Å². The molecular weight excluding hydrogens is 412 g/mol. The highest BCUT2D eigenvalue weighted by molar-refractivity contribution is 7.98. The van der Waals surface area contributed by atoms with Crippen LogP contribution in [0.15, 0.2) is 46.1 Å². The van der Waals surface area contributed by atoms with Crippen LogP contribution in [0.4, 0.5) is 0 Å². The minimum atomic E-state index is -0.0512. The van der Waals surface area contributed by atoms with Crippen LogP contribution in [0, 0.1) is 0 Å². The molecule has 2 heterocycles. The van der Waals surface area contributed by atoms with Gasteiger partial charge in [0.05, 0.1) is 30.9 Å². The van der Waals surface area contributed by atoms with E-state index in [0.717, 1.165) is 25.1 Å². The van der Waals surface area contributed by atoms with Crippen molar-refractivity contribution in [2.24, 2.45) is 7.05 Å². The third-order valence-electron chi connectivity index (χ3n) is 5.72. The normalized spacial score (nSPS) is 14.0. The maximum absolute atomic E-state index is 13.5. The molecule has 0 spiro atoms. The van der Waals surface area contributed by atoms with E-state index in [2.05, 4.69) is 11.1 Å². The quantitative estimate of drug-likeness (QED) is 0.295. The van der Waals surface area contributed by atoms with E-state index >= 15 is 0 Å². The molecule has 0 saturated heterocycles. The van der Waals surface area contributed by atoms with E-state index in [1.165, 1.54) is 30.2 Å². The van der Waals surface area contributed by atoms with Gasteiger partial charge in [-0.2, -0.15) is 0 Å². The second-order valence-corrected chi connectivity index (χ2v) is 8.62. The number of fused-ring (bicyclic) bond motifs is 1. The van der Waals surface area contributed by atoms with Crippen LogP contribution < -0.4 is 15.0 Å². The Kier molecular flexibility index (Phi) is 6.65. The number of imidazole rings is 1. The zero-order valence-corrected chi connectivity index (χ0v) is 19.1. The van der Waals surface area contributed by atoms with E-state index in [9.17, 15) is 4.79 Å². The summed E-state index contributed by atoms with van der Waals surface area (Å²) in [6.45, 7) is 0.616. The summed E-state index contributed by atoms with van der Waals surface area (Å²) in [5.74, 6) is 2.67. The largest absolute Gasteiger partial charge is 0.493 e. The predicted octanol–water partition coefficient (Wildman–Crippen LogP) is 4.33. The highest BCUT2D eigenvalue weighted by atomic mass is 32.2. The molecule has 1 aliphatic rings. The summed E-state index contributed by atoms with van der Waals surface area (Å²) in [6, 6.07) is 3.50. The van der Waals surface area contributed by atoms with Crippen LogP contribution in [-0.2, 0) is 19.3 Å². The second kappa shape index (κ2) is 9.60. The molecule has 1 aromatic carbocycles. The number of nitrogens with zero attached hydrogens (tertiary/aromatic N) is 4. The third-order valence-corrected chi connectivity index (χ3v) is 6.69. The minimum Gasteiger partial charge on any atom is -0.493 e. The summed E-state index contributed by atoms with van der Waals surface area (Å²) in [7, 11) is 5.12. The van der Waals surface area contributed by atoms with Crippen molar-refractivity contribution < 1.29 is 9.47 Å². The zero-order valence-electron chi connectivity index (χ0n) is 18.3. The van der Waals surface area contributed by atoms with Crippen molar-refractivity contribution in [1.29, 1.82) is 0 Å². The fourth-order valence-corrected chi connectivity index (χ4v) is 4.92. The topological polar surface area (TPSA) is 71.2 Å². The lowest BCUT2D eigenvalue weighted by atomic mass is 9.97. The van der Waals surface area contributed by atoms with Gasteiger partial charge in [-0.05, 0) is 38.2 Å². The van der Waals surface area contributed by atoms with Crippen molar-refractivity contribution in [1.82, 2.24) is 19.1 Å². The Labute approximate surface area is 186 Å². The number of rotatable bonds is 8. The molecule has 0 saturated carbocycles. The van der Waals surface area contributed by atoms with Gasteiger partial charge in [-0.1, -0.05) is 23.4 Å². The predicted molar refractivity (Wildman–Crippen MR) is 123 cm³/mol. The van der Waals surface area contributed by atoms with Crippen LogP contribution in [0.25, 0.3) is 10.9 Å². The second-order valence-electron chi connectivity index (χ2n) is 7.68. The van der Waals surface area contributed by atoms with Gasteiger partial charge in [0, 0.05) is 32.1 Å². The molecule has 0 radical (unpaired) electrons. The van der Waals surface area contributed by atoms with Gasteiger partial charge in [0.15, 0.2) is 16.7 Å². The fraction of sp³-hybridized carbons (Fsp3) is 0.435. The number of benzene rings is 1. The molecule has 1 aliphatic carbocycles. The molecule has 0 atom stereocenters. The smallest absolute Gasteiger partial charge is 0.262 e. The van der Waals surface area contributed by atoms with Crippen molar-refractivity contribution >= 4 is 22.7 Å². The standard InChI is InChI=1S/C23H28N4O3S/c1-26-12-10-24-21(26)15-31-23-25-18-14-20(30-3)19(29-2)13-17(18)22(28)27(23)11-9-16-7-5-4-6-8-16/h7,10,12-14H,4-6,8-9,11,15H2,1-3H3. The molecule has 0 bridgehead atoms. The SMILES string of the molecule is COc1cc2nc(SCc3nccn3C)n(CCC3=CCCCC3)c(=O)c2cc1OC. The highest BCUT2D eigenvalue weighted by Gasteiger charge is 2.17. The maximum atomic E-state index is 13.5. The summed E-state index contributed by atoms with van der Waals surface area (Å²) in [5.41, 5.74) is 1.99. The van der Waals surface area contributed by atoms with Crippen LogP contribution in [0.5, 0.6) is 11.5 Å². The van der Waals surface area contributed by atoms with Gasteiger partial charge in [0.2, 0.25) is 0 Å². The Hall–Kier alpha value is -2.74. The van der Waals surface area contributed by atoms with Crippen molar-refractivity contribution in [2.45, 2.75) is 49.6 Å². The Bertz CT molecular complexity index is 1170. The molecule has 7 nitrogen and oxygen atoms in total. The van der Waals surface area contributed by atoms with E-state index in [0.29, 0.717) is 39.9 Å². The highest BCUT2D eigenvalue weighted by Crippen LogP contribution is 2.32.